The quantitative estimate of drug-likeness (QED) is 0.615. The van der Waals surface area contributed by atoms with Gasteiger partial charge in [-0.2, -0.15) is 0 Å². The summed E-state index contributed by atoms with van der Waals surface area (Å²) < 4.78 is 10.0. The van der Waals surface area contributed by atoms with Gasteiger partial charge >= 0.3 is 5.97 Å². The molecule has 1 aromatic carbocycles. The lowest BCUT2D eigenvalue weighted by atomic mass is 10.0. The first-order valence-corrected chi connectivity index (χ1v) is 7.86. The minimum Gasteiger partial charge on any atom is -0.497 e. The molecule has 1 amide bonds. The summed E-state index contributed by atoms with van der Waals surface area (Å²) in [5, 5.41) is 0. The Kier molecular flexibility index (Phi) is 5.44. The smallest absolute Gasteiger partial charge is 0.340 e. The number of esters is 1. The summed E-state index contributed by atoms with van der Waals surface area (Å²) in [6, 6.07) is 7.31. The minimum atomic E-state index is -0.494. The summed E-state index contributed by atoms with van der Waals surface area (Å²) in [6.45, 7) is 6.40. The van der Waals surface area contributed by atoms with Crippen LogP contribution in [0.1, 0.15) is 26.3 Å². The normalized spacial score (nSPS) is 16.3. The molecule has 0 unspecified atom stereocenters. The van der Waals surface area contributed by atoms with Gasteiger partial charge in [0.15, 0.2) is 0 Å². The number of rotatable bonds is 5. The highest BCUT2D eigenvalue weighted by Gasteiger charge is 2.37. The summed E-state index contributed by atoms with van der Waals surface area (Å²) in [5.74, 6) is 0.365. The van der Waals surface area contributed by atoms with Crippen molar-refractivity contribution in [2.45, 2.75) is 20.8 Å². The maximum atomic E-state index is 12.8. The van der Waals surface area contributed by atoms with Crippen LogP contribution in [0.15, 0.2) is 41.1 Å². The number of methoxy groups -OCH3 is 2. The van der Waals surface area contributed by atoms with Crippen LogP contribution in [0.25, 0.3) is 6.08 Å². The molecule has 0 saturated carbocycles. The molecule has 1 aromatic rings. The molecule has 1 aliphatic heterocycles. The van der Waals surface area contributed by atoms with Gasteiger partial charge in [-0.3, -0.25) is 4.79 Å². The Balaban J connectivity index is 2.46. The lowest BCUT2D eigenvalue weighted by molar-refractivity contribution is -0.136. The first-order chi connectivity index (χ1) is 11.4. The van der Waals surface area contributed by atoms with Crippen LogP contribution in [0.5, 0.6) is 5.75 Å². The van der Waals surface area contributed by atoms with E-state index in [4.69, 9.17) is 9.47 Å². The van der Waals surface area contributed by atoms with Gasteiger partial charge < -0.3 is 14.4 Å². The molecule has 0 aromatic heterocycles. The van der Waals surface area contributed by atoms with Gasteiger partial charge in [0, 0.05) is 12.2 Å². The third-order valence-corrected chi connectivity index (χ3v) is 3.88. The predicted octanol–water partition coefficient (Wildman–Crippen LogP) is 3.02. The van der Waals surface area contributed by atoms with E-state index in [1.165, 1.54) is 7.11 Å². The van der Waals surface area contributed by atoms with Gasteiger partial charge in [-0.25, -0.2) is 4.79 Å². The van der Waals surface area contributed by atoms with Crippen LogP contribution in [-0.4, -0.2) is 37.5 Å². The lowest BCUT2D eigenvalue weighted by Gasteiger charge is -2.19. The van der Waals surface area contributed by atoms with Crippen molar-refractivity contribution in [1.82, 2.24) is 4.90 Å². The monoisotopic (exact) mass is 329 g/mol. The fourth-order valence-electron chi connectivity index (χ4n) is 2.68. The molecule has 0 atom stereocenters. The number of ether oxygens (including phenoxy) is 2. The minimum absolute atomic E-state index is 0.169. The van der Waals surface area contributed by atoms with Gasteiger partial charge in [0.1, 0.15) is 5.75 Å². The molecule has 0 radical (unpaired) electrons. The molecule has 0 aliphatic carbocycles. The van der Waals surface area contributed by atoms with Gasteiger partial charge in [0.25, 0.3) is 5.91 Å². The number of amides is 1. The second kappa shape index (κ2) is 7.34. The van der Waals surface area contributed by atoms with Crippen molar-refractivity contribution in [2.75, 3.05) is 20.8 Å². The highest BCUT2D eigenvalue weighted by Crippen LogP contribution is 2.32. The molecular formula is C19H23NO4. The Bertz CT molecular complexity index is 699. The number of carbonyl (C=O) groups is 2. The molecule has 0 N–H and O–H groups in total. The summed E-state index contributed by atoms with van der Waals surface area (Å²) >= 11 is 0. The molecule has 0 saturated heterocycles. The molecule has 24 heavy (non-hydrogen) atoms. The van der Waals surface area contributed by atoms with E-state index in [9.17, 15) is 9.59 Å². The second-order valence-corrected chi connectivity index (χ2v) is 6.09. The van der Waals surface area contributed by atoms with Gasteiger partial charge in [-0.15, -0.1) is 0 Å². The standard InChI is InChI=1S/C19H23NO4/c1-12(2)11-20-13(3)17(19(22)24-5)16(18(20)21)10-14-6-8-15(23-4)9-7-14/h6-10,12H,11H2,1-5H3/b16-10-. The average molecular weight is 329 g/mol. The zero-order chi connectivity index (χ0) is 17.9. The van der Waals surface area contributed by atoms with Crippen LogP contribution in [0.4, 0.5) is 0 Å². The maximum Gasteiger partial charge on any atom is 0.340 e. The molecule has 5 heteroatoms. The van der Waals surface area contributed by atoms with E-state index in [1.54, 1.807) is 25.0 Å². The Morgan fingerprint density at radius 3 is 2.33 bits per heavy atom. The van der Waals surface area contributed by atoms with E-state index in [0.717, 1.165) is 11.3 Å². The van der Waals surface area contributed by atoms with Crippen molar-refractivity contribution < 1.29 is 19.1 Å². The van der Waals surface area contributed by atoms with Crippen LogP contribution in [0.3, 0.4) is 0 Å². The first-order valence-electron chi connectivity index (χ1n) is 7.86. The summed E-state index contributed by atoms with van der Waals surface area (Å²) in [4.78, 5) is 26.6. The summed E-state index contributed by atoms with van der Waals surface area (Å²) in [6.07, 6.45) is 1.72. The zero-order valence-corrected chi connectivity index (χ0v) is 14.8. The van der Waals surface area contributed by atoms with E-state index in [1.807, 2.05) is 38.1 Å². The second-order valence-electron chi connectivity index (χ2n) is 6.09. The fraction of sp³-hybridized carbons (Fsp3) is 0.368. The number of allylic oxidation sites excluding steroid dienone is 1. The van der Waals surface area contributed by atoms with Gasteiger partial charge in [-0.1, -0.05) is 26.0 Å². The zero-order valence-electron chi connectivity index (χ0n) is 14.8. The molecule has 128 valence electrons. The number of hydrogen-bond donors (Lipinski definition) is 0. The van der Waals surface area contributed by atoms with Crippen LogP contribution in [-0.2, 0) is 14.3 Å². The number of benzene rings is 1. The number of nitrogens with zero attached hydrogens (tertiary/aromatic N) is 1. The highest BCUT2D eigenvalue weighted by molar-refractivity contribution is 6.16. The van der Waals surface area contributed by atoms with E-state index >= 15 is 0 Å². The molecular weight excluding hydrogens is 306 g/mol. The van der Waals surface area contributed by atoms with Crippen molar-refractivity contribution in [3.8, 4) is 5.75 Å². The van der Waals surface area contributed by atoms with Crippen LogP contribution in [0.2, 0.25) is 0 Å². The van der Waals surface area contributed by atoms with Gasteiger partial charge in [0.2, 0.25) is 0 Å². The highest BCUT2D eigenvalue weighted by atomic mass is 16.5. The first kappa shape index (κ1) is 17.8. The van der Waals surface area contributed by atoms with Crippen molar-refractivity contribution >= 4 is 18.0 Å². The third kappa shape index (κ3) is 3.50. The lowest BCUT2D eigenvalue weighted by Crippen LogP contribution is -2.28. The Labute approximate surface area is 142 Å². The summed E-state index contributed by atoms with van der Waals surface area (Å²) in [5.41, 5.74) is 2.16. The van der Waals surface area contributed by atoms with E-state index in [2.05, 4.69) is 0 Å². The summed E-state index contributed by atoms with van der Waals surface area (Å²) in [7, 11) is 2.92. The van der Waals surface area contributed by atoms with E-state index in [0.29, 0.717) is 29.3 Å². The maximum absolute atomic E-state index is 12.8. The Hall–Kier alpha value is -2.56. The number of carbonyl (C=O) groups excluding carboxylic acids is 2. The van der Waals surface area contributed by atoms with Crippen molar-refractivity contribution in [1.29, 1.82) is 0 Å². The van der Waals surface area contributed by atoms with Gasteiger partial charge in [-0.05, 0) is 36.6 Å². The number of hydrogen-bond acceptors (Lipinski definition) is 4. The van der Waals surface area contributed by atoms with Crippen LogP contribution >= 0.6 is 0 Å². The molecule has 0 spiro atoms. The van der Waals surface area contributed by atoms with E-state index < -0.39 is 5.97 Å². The molecule has 1 aliphatic rings. The third-order valence-electron chi connectivity index (χ3n) is 3.88. The molecule has 0 bridgehead atoms. The van der Waals surface area contributed by atoms with Gasteiger partial charge in [0.05, 0.1) is 25.4 Å². The van der Waals surface area contributed by atoms with E-state index in [-0.39, 0.29) is 5.91 Å². The molecule has 5 nitrogen and oxygen atoms in total. The fourth-order valence-corrected chi connectivity index (χ4v) is 2.68. The topological polar surface area (TPSA) is 55.8 Å². The SMILES string of the molecule is COC(=O)C1=C(C)N(CC(C)C)C(=O)/C1=C\c1ccc(OC)cc1. The predicted molar refractivity (Wildman–Crippen MR) is 92.2 cm³/mol. The molecule has 2 rings (SSSR count). The molecule has 0 fully saturated rings. The average Bonchev–Trinajstić information content (AvgIpc) is 2.79. The van der Waals surface area contributed by atoms with Crippen molar-refractivity contribution in [2.24, 2.45) is 5.92 Å². The Morgan fingerprint density at radius 1 is 1.21 bits per heavy atom. The van der Waals surface area contributed by atoms with Crippen LogP contribution < -0.4 is 4.74 Å². The largest absolute Gasteiger partial charge is 0.497 e. The van der Waals surface area contributed by atoms with Crippen molar-refractivity contribution in [3.05, 3.63) is 46.7 Å². The molecule has 1 heterocycles. The van der Waals surface area contributed by atoms with Crippen molar-refractivity contribution in [3.63, 3.8) is 0 Å². The van der Waals surface area contributed by atoms with Crippen LogP contribution in [0, 0.1) is 5.92 Å². The Morgan fingerprint density at radius 2 is 1.83 bits per heavy atom.